The van der Waals surface area contributed by atoms with Gasteiger partial charge in [-0.15, -0.1) is 0 Å². The molecule has 0 spiro atoms. The number of nitrogens with zero attached hydrogens (tertiary/aromatic N) is 1. The van der Waals surface area contributed by atoms with Gasteiger partial charge in [-0.2, -0.15) is 0 Å². The quantitative estimate of drug-likeness (QED) is 0.635. The average molecular weight is 409 g/mol. The molecule has 0 saturated heterocycles. The minimum Gasteiger partial charge on any atom is -0.480 e. The first-order valence-electron chi connectivity index (χ1n) is 7.47. The fourth-order valence-corrected chi connectivity index (χ4v) is 3.59. The lowest BCUT2D eigenvalue weighted by Crippen LogP contribution is -2.16. The summed E-state index contributed by atoms with van der Waals surface area (Å²) >= 11 is 9.58. The molecule has 3 rings (SSSR count). The van der Waals surface area contributed by atoms with E-state index in [1.807, 2.05) is 12.1 Å². The van der Waals surface area contributed by atoms with E-state index >= 15 is 0 Å². The van der Waals surface area contributed by atoms with Crippen LogP contribution >= 0.6 is 27.5 Å². The molecule has 0 unspecified atom stereocenters. The number of aliphatic carboxylic acids is 1. The summed E-state index contributed by atoms with van der Waals surface area (Å²) in [6.07, 6.45) is 0. The summed E-state index contributed by atoms with van der Waals surface area (Å²) in [7, 11) is 0. The van der Waals surface area contributed by atoms with Gasteiger partial charge in [0.15, 0.2) is 5.43 Å². The number of halogens is 2. The van der Waals surface area contributed by atoms with Crippen molar-refractivity contribution in [3.63, 3.8) is 0 Å². The summed E-state index contributed by atoms with van der Waals surface area (Å²) in [5.74, 6) is -0.718. The zero-order valence-electron chi connectivity index (χ0n) is 13.1. The molecule has 1 aromatic heterocycles. The lowest BCUT2D eigenvalue weighted by molar-refractivity contribution is -0.137. The average Bonchev–Trinajstić information content (AvgIpc) is 2.53. The Hall–Kier alpha value is -1.85. The Labute approximate surface area is 151 Å². The van der Waals surface area contributed by atoms with Crippen molar-refractivity contribution in [2.24, 2.45) is 0 Å². The number of fused-ring (bicyclic) bond motifs is 2. The SMILES string of the molecule is CC(C)c1ccc2c(=O)c3ccc(Cl)c(Br)c3n(CC(=O)O)c2c1. The zero-order chi connectivity index (χ0) is 17.6. The van der Waals surface area contributed by atoms with Crippen LogP contribution in [0.25, 0.3) is 21.8 Å². The molecule has 4 nitrogen and oxygen atoms in total. The molecule has 0 amide bonds. The third-order valence-electron chi connectivity index (χ3n) is 4.10. The predicted octanol–water partition coefficient (Wildman–Crippen LogP) is 4.78. The highest BCUT2D eigenvalue weighted by Crippen LogP contribution is 2.32. The van der Waals surface area contributed by atoms with Crippen LogP contribution in [0.15, 0.2) is 39.6 Å². The van der Waals surface area contributed by atoms with E-state index in [1.54, 1.807) is 22.8 Å². The third-order valence-corrected chi connectivity index (χ3v) is 5.45. The molecule has 0 aliphatic heterocycles. The molecule has 1 N–H and O–H groups in total. The van der Waals surface area contributed by atoms with E-state index in [0.29, 0.717) is 31.3 Å². The van der Waals surface area contributed by atoms with Gasteiger partial charge in [-0.3, -0.25) is 9.59 Å². The predicted molar refractivity (Wildman–Crippen MR) is 100 cm³/mol. The second kappa shape index (κ2) is 6.22. The molecule has 1 heterocycles. The Morgan fingerprint density at radius 1 is 1.25 bits per heavy atom. The van der Waals surface area contributed by atoms with E-state index in [1.165, 1.54) is 0 Å². The van der Waals surface area contributed by atoms with Crippen LogP contribution in [0.4, 0.5) is 0 Å². The van der Waals surface area contributed by atoms with E-state index in [9.17, 15) is 14.7 Å². The molecule has 3 aromatic rings. The molecule has 2 aromatic carbocycles. The molecule has 0 bridgehead atoms. The first-order valence-corrected chi connectivity index (χ1v) is 8.64. The van der Waals surface area contributed by atoms with Crippen LogP contribution in [0.3, 0.4) is 0 Å². The summed E-state index contributed by atoms with van der Waals surface area (Å²) in [5, 5.41) is 10.7. The second-order valence-corrected chi connectivity index (χ2v) is 7.20. The van der Waals surface area contributed by atoms with Gasteiger partial charge in [0.2, 0.25) is 0 Å². The summed E-state index contributed by atoms with van der Waals surface area (Å²) in [6.45, 7) is 3.84. The van der Waals surface area contributed by atoms with Crippen LogP contribution in [0.5, 0.6) is 0 Å². The second-order valence-electron chi connectivity index (χ2n) is 6.00. The van der Waals surface area contributed by atoms with Crippen LogP contribution in [-0.2, 0) is 11.3 Å². The Kier molecular flexibility index (Phi) is 4.40. The zero-order valence-corrected chi connectivity index (χ0v) is 15.5. The number of hydrogen-bond donors (Lipinski definition) is 1. The van der Waals surface area contributed by atoms with Crippen molar-refractivity contribution in [3.05, 3.63) is 55.6 Å². The highest BCUT2D eigenvalue weighted by Gasteiger charge is 2.17. The summed E-state index contributed by atoms with van der Waals surface area (Å²) in [5.41, 5.74) is 2.01. The maximum atomic E-state index is 12.8. The molecular formula is C18H15BrClNO3. The standard InChI is InChI=1S/C18H15BrClNO3/c1-9(2)10-3-4-11-14(7-10)21(8-15(22)23)17-12(18(11)24)5-6-13(20)16(17)19/h3-7,9H,8H2,1-2H3,(H,22,23). The Morgan fingerprint density at radius 3 is 2.54 bits per heavy atom. The minimum absolute atomic E-state index is 0.130. The molecule has 6 heteroatoms. The van der Waals surface area contributed by atoms with Gasteiger partial charge >= 0.3 is 5.97 Å². The van der Waals surface area contributed by atoms with E-state index < -0.39 is 5.97 Å². The number of carboxylic acid groups (broad SMARTS) is 1. The van der Waals surface area contributed by atoms with Gasteiger partial charge in [0.25, 0.3) is 0 Å². The van der Waals surface area contributed by atoms with E-state index in [4.69, 9.17) is 11.6 Å². The molecular weight excluding hydrogens is 394 g/mol. The van der Waals surface area contributed by atoms with Crippen LogP contribution in [0.1, 0.15) is 25.3 Å². The van der Waals surface area contributed by atoms with E-state index in [2.05, 4.69) is 29.8 Å². The fraction of sp³-hybridized carbons (Fsp3) is 0.222. The number of rotatable bonds is 3. The molecule has 0 aliphatic carbocycles. The van der Waals surface area contributed by atoms with Gasteiger partial charge in [0, 0.05) is 10.8 Å². The Bertz CT molecular complexity index is 1040. The maximum Gasteiger partial charge on any atom is 0.323 e. The first kappa shape index (κ1) is 17.0. The Balaban J connectivity index is 2.58. The van der Waals surface area contributed by atoms with Gasteiger partial charge < -0.3 is 9.67 Å². The molecule has 0 radical (unpaired) electrons. The van der Waals surface area contributed by atoms with E-state index in [0.717, 1.165) is 5.56 Å². The number of pyridine rings is 1. The maximum absolute atomic E-state index is 12.8. The normalized spacial score (nSPS) is 11.5. The molecule has 0 saturated carbocycles. The number of aromatic nitrogens is 1. The van der Waals surface area contributed by atoms with Crippen molar-refractivity contribution >= 4 is 55.3 Å². The highest BCUT2D eigenvalue weighted by molar-refractivity contribution is 9.10. The van der Waals surface area contributed by atoms with Crippen molar-refractivity contribution in [1.29, 1.82) is 0 Å². The minimum atomic E-state index is -0.983. The number of carbonyl (C=O) groups is 1. The van der Waals surface area contributed by atoms with Crippen LogP contribution in [0, 0.1) is 0 Å². The first-order chi connectivity index (χ1) is 11.3. The molecule has 0 fully saturated rings. The van der Waals surface area contributed by atoms with Crippen molar-refractivity contribution < 1.29 is 9.90 Å². The smallest absolute Gasteiger partial charge is 0.323 e. The van der Waals surface area contributed by atoms with Crippen molar-refractivity contribution in [2.45, 2.75) is 26.3 Å². The van der Waals surface area contributed by atoms with Crippen molar-refractivity contribution in [2.75, 3.05) is 0 Å². The molecule has 0 atom stereocenters. The van der Waals surface area contributed by atoms with Crippen LogP contribution < -0.4 is 5.43 Å². The third kappa shape index (κ3) is 2.72. The molecule has 124 valence electrons. The van der Waals surface area contributed by atoms with Gasteiger partial charge in [0.05, 0.1) is 20.5 Å². The lowest BCUT2D eigenvalue weighted by atomic mass is 10.00. The Morgan fingerprint density at radius 2 is 1.92 bits per heavy atom. The molecule has 0 aliphatic rings. The van der Waals surface area contributed by atoms with Gasteiger partial charge in [0.1, 0.15) is 6.54 Å². The number of carboxylic acids is 1. The van der Waals surface area contributed by atoms with Crippen LogP contribution in [-0.4, -0.2) is 15.6 Å². The van der Waals surface area contributed by atoms with Gasteiger partial charge in [-0.25, -0.2) is 0 Å². The summed E-state index contributed by atoms with van der Waals surface area (Å²) < 4.78 is 2.16. The molecule has 24 heavy (non-hydrogen) atoms. The topological polar surface area (TPSA) is 59.3 Å². The van der Waals surface area contributed by atoms with Gasteiger partial charge in [-0.05, 0) is 51.7 Å². The number of hydrogen-bond acceptors (Lipinski definition) is 2. The van der Waals surface area contributed by atoms with Gasteiger partial charge in [-0.1, -0.05) is 31.5 Å². The monoisotopic (exact) mass is 407 g/mol. The van der Waals surface area contributed by atoms with Crippen molar-refractivity contribution in [3.8, 4) is 0 Å². The summed E-state index contributed by atoms with van der Waals surface area (Å²) in [4.78, 5) is 24.3. The lowest BCUT2D eigenvalue weighted by Gasteiger charge is -2.17. The number of benzene rings is 2. The summed E-state index contributed by atoms with van der Waals surface area (Å²) in [6, 6.07) is 8.84. The highest BCUT2D eigenvalue weighted by atomic mass is 79.9. The largest absolute Gasteiger partial charge is 0.480 e. The van der Waals surface area contributed by atoms with E-state index in [-0.39, 0.29) is 17.9 Å². The fourth-order valence-electron chi connectivity index (χ4n) is 2.88. The van der Waals surface area contributed by atoms with Crippen LogP contribution in [0.2, 0.25) is 5.02 Å². The van der Waals surface area contributed by atoms with Crippen molar-refractivity contribution in [1.82, 2.24) is 4.57 Å².